The molecule has 1 aliphatic heterocycles. The number of carbonyl (C=O) groups excluding carboxylic acids is 1. The number of nitrogens with zero attached hydrogens (tertiary/aromatic N) is 1. The number of rotatable bonds is 8. The zero-order valence-electron chi connectivity index (χ0n) is 13.3. The first-order valence-electron chi connectivity index (χ1n) is 8.16. The van der Waals surface area contributed by atoms with E-state index in [1.54, 1.807) is 6.07 Å². The summed E-state index contributed by atoms with van der Waals surface area (Å²) in [5.41, 5.74) is 0.918. The van der Waals surface area contributed by atoms with Crippen molar-refractivity contribution in [2.75, 3.05) is 39.4 Å². The zero-order chi connectivity index (χ0) is 16.5. The average Bonchev–Trinajstić information content (AvgIpc) is 2.57. The number of ether oxygens (including phenoxy) is 1. The minimum Gasteiger partial charge on any atom is -0.379 e. The SMILES string of the molecule is O=C(CCc1cccc(Cl)c1Cl)NCCCCN1CCOCC1. The third-order valence-electron chi connectivity index (χ3n) is 3.98. The van der Waals surface area contributed by atoms with Crippen LogP contribution in [0, 0.1) is 0 Å². The van der Waals surface area contributed by atoms with E-state index in [1.165, 1.54) is 0 Å². The molecular weight excluding hydrogens is 335 g/mol. The number of nitrogens with one attached hydrogen (secondary N) is 1. The molecule has 4 nitrogen and oxygen atoms in total. The lowest BCUT2D eigenvalue weighted by molar-refractivity contribution is -0.121. The van der Waals surface area contributed by atoms with Crippen LogP contribution in [0.2, 0.25) is 10.0 Å². The molecule has 0 unspecified atom stereocenters. The van der Waals surface area contributed by atoms with E-state index in [0.29, 0.717) is 22.9 Å². The van der Waals surface area contributed by atoms with Gasteiger partial charge < -0.3 is 10.1 Å². The summed E-state index contributed by atoms with van der Waals surface area (Å²) in [6.07, 6.45) is 3.14. The predicted octanol–water partition coefficient (Wildman–Crippen LogP) is 3.15. The second-order valence-electron chi connectivity index (χ2n) is 5.72. The van der Waals surface area contributed by atoms with Crippen molar-refractivity contribution in [1.29, 1.82) is 0 Å². The summed E-state index contributed by atoms with van der Waals surface area (Å²) in [4.78, 5) is 14.3. The number of hydrogen-bond donors (Lipinski definition) is 1. The van der Waals surface area contributed by atoms with E-state index >= 15 is 0 Å². The van der Waals surface area contributed by atoms with Gasteiger partial charge in [0.2, 0.25) is 5.91 Å². The van der Waals surface area contributed by atoms with Crippen LogP contribution in [0.15, 0.2) is 18.2 Å². The van der Waals surface area contributed by atoms with Gasteiger partial charge in [-0.3, -0.25) is 9.69 Å². The number of halogens is 2. The Bertz CT molecular complexity index is 505. The summed E-state index contributed by atoms with van der Waals surface area (Å²) < 4.78 is 5.32. The molecule has 0 atom stereocenters. The number of carbonyl (C=O) groups is 1. The second-order valence-corrected chi connectivity index (χ2v) is 6.51. The van der Waals surface area contributed by atoms with Gasteiger partial charge in [-0.2, -0.15) is 0 Å². The van der Waals surface area contributed by atoms with Gasteiger partial charge in [0, 0.05) is 26.1 Å². The van der Waals surface area contributed by atoms with Crippen LogP contribution < -0.4 is 5.32 Å². The molecule has 6 heteroatoms. The van der Waals surface area contributed by atoms with Crippen LogP contribution >= 0.6 is 23.2 Å². The van der Waals surface area contributed by atoms with E-state index in [9.17, 15) is 4.79 Å². The number of unbranched alkanes of at least 4 members (excludes halogenated alkanes) is 1. The molecule has 1 heterocycles. The van der Waals surface area contributed by atoms with Crippen LogP contribution in [0.1, 0.15) is 24.8 Å². The molecule has 1 aliphatic rings. The Morgan fingerprint density at radius 1 is 1.22 bits per heavy atom. The van der Waals surface area contributed by atoms with Gasteiger partial charge in [-0.25, -0.2) is 0 Å². The Morgan fingerprint density at radius 2 is 2.00 bits per heavy atom. The fourth-order valence-corrected chi connectivity index (χ4v) is 3.01. The highest BCUT2D eigenvalue weighted by molar-refractivity contribution is 6.42. The van der Waals surface area contributed by atoms with Gasteiger partial charge >= 0.3 is 0 Å². The van der Waals surface area contributed by atoms with Gasteiger partial charge in [-0.05, 0) is 37.4 Å². The Morgan fingerprint density at radius 3 is 2.78 bits per heavy atom. The number of morpholine rings is 1. The largest absolute Gasteiger partial charge is 0.379 e. The summed E-state index contributed by atoms with van der Waals surface area (Å²) in [7, 11) is 0. The lowest BCUT2D eigenvalue weighted by Crippen LogP contribution is -2.37. The number of amides is 1. The molecule has 0 aliphatic carbocycles. The fraction of sp³-hybridized carbons (Fsp3) is 0.588. The lowest BCUT2D eigenvalue weighted by Gasteiger charge is -2.26. The van der Waals surface area contributed by atoms with Crippen molar-refractivity contribution in [2.45, 2.75) is 25.7 Å². The first-order valence-corrected chi connectivity index (χ1v) is 8.92. The van der Waals surface area contributed by atoms with Crippen molar-refractivity contribution < 1.29 is 9.53 Å². The highest BCUT2D eigenvalue weighted by Crippen LogP contribution is 2.26. The maximum Gasteiger partial charge on any atom is 0.220 e. The quantitative estimate of drug-likeness (QED) is 0.725. The molecule has 1 N–H and O–H groups in total. The van der Waals surface area contributed by atoms with E-state index in [4.69, 9.17) is 27.9 Å². The van der Waals surface area contributed by atoms with Gasteiger partial charge in [-0.1, -0.05) is 35.3 Å². The van der Waals surface area contributed by atoms with Crippen LogP contribution in [-0.4, -0.2) is 50.2 Å². The molecule has 1 aromatic carbocycles. The van der Waals surface area contributed by atoms with Crippen molar-refractivity contribution in [3.63, 3.8) is 0 Å². The zero-order valence-corrected chi connectivity index (χ0v) is 14.8. The van der Waals surface area contributed by atoms with E-state index in [-0.39, 0.29) is 5.91 Å². The Labute approximate surface area is 148 Å². The molecule has 23 heavy (non-hydrogen) atoms. The number of benzene rings is 1. The summed E-state index contributed by atoms with van der Waals surface area (Å²) in [6.45, 7) is 5.52. The molecule has 1 amide bonds. The van der Waals surface area contributed by atoms with E-state index in [2.05, 4.69) is 10.2 Å². The maximum absolute atomic E-state index is 11.9. The predicted molar refractivity (Wildman–Crippen MR) is 94.3 cm³/mol. The monoisotopic (exact) mass is 358 g/mol. The maximum atomic E-state index is 11.9. The first kappa shape index (κ1) is 18.5. The summed E-state index contributed by atoms with van der Waals surface area (Å²) in [6, 6.07) is 5.51. The Hall–Kier alpha value is -0.810. The minimum atomic E-state index is 0.0624. The molecular formula is C17H24Cl2N2O2. The van der Waals surface area contributed by atoms with E-state index in [0.717, 1.165) is 57.8 Å². The highest BCUT2D eigenvalue weighted by Gasteiger charge is 2.10. The smallest absolute Gasteiger partial charge is 0.220 e. The Kier molecular flexibility index (Phi) is 8.17. The van der Waals surface area contributed by atoms with Crippen molar-refractivity contribution in [2.24, 2.45) is 0 Å². The Balaban J connectivity index is 1.55. The molecule has 1 aromatic rings. The van der Waals surface area contributed by atoms with Crippen molar-refractivity contribution in [3.8, 4) is 0 Å². The third kappa shape index (κ3) is 6.68. The molecule has 0 aromatic heterocycles. The molecule has 1 saturated heterocycles. The van der Waals surface area contributed by atoms with Crippen molar-refractivity contribution in [3.05, 3.63) is 33.8 Å². The minimum absolute atomic E-state index is 0.0624. The first-order chi connectivity index (χ1) is 11.2. The van der Waals surface area contributed by atoms with Crippen LogP contribution in [0.5, 0.6) is 0 Å². The summed E-state index contributed by atoms with van der Waals surface area (Å²) in [5.74, 6) is 0.0624. The van der Waals surface area contributed by atoms with Gasteiger partial charge in [-0.15, -0.1) is 0 Å². The van der Waals surface area contributed by atoms with Gasteiger partial charge in [0.1, 0.15) is 0 Å². The molecule has 0 spiro atoms. The molecule has 0 saturated carbocycles. The molecule has 128 valence electrons. The molecule has 0 radical (unpaired) electrons. The standard InChI is InChI=1S/C17H24Cl2N2O2/c18-15-5-3-4-14(17(15)19)6-7-16(22)20-8-1-2-9-21-10-12-23-13-11-21/h3-5H,1-2,6-13H2,(H,20,22). The van der Waals surface area contributed by atoms with Crippen LogP contribution in [0.25, 0.3) is 0 Å². The summed E-state index contributed by atoms with van der Waals surface area (Å²) >= 11 is 12.1. The lowest BCUT2D eigenvalue weighted by atomic mass is 10.1. The molecule has 1 fully saturated rings. The van der Waals surface area contributed by atoms with E-state index < -0.39 is 0 Å². The highest BCUT2D eigenvalue weighted by atomic mass is 35.5. The number of aryl methyl sites for hydroxylation is 1. The van der Waals surface area contributed by atoms with Crippen molar-refractivity contribution >= 4 is 29.1 Å². The number of hydrogen-bond acceptors (Lipinski definition) is 3. The molecule has 0 bridgehead atoms. The molecule has 2 rings (SSSR count). The third-order valence-corrected chi connectivity index (χ3v) is 4.84. The second kappa shape index (κ2) is 10.1. The van der Waals surface area contributed by atoms with Crippen LogP contribution in [0.4, 0.5) is 0 Å². The summed E-state index contributed by atoms with van der Waals surface area (Å²) in [5, 5.41) is 4.05. The van der Waals surface area contributed by atoms with Crippen LogP contribution in [-0.2, 0) is 16.0 Å². The normalized spacial score (nSPS) is 15.6. The average molecular weight is 359 g/mol. The topological polar surface area (TPSA) is 41.6 Å². The van der Waals surface area contributed by atoms with Gasteiger partial charge in [0.05, 0.1) is 23.3 Å². The van der Waals surface area contributed by atoms with Gasteiger partial charge in [0.15, 0.2) is 0 Å². The van der Waals surface area contributed by atoms with E-state index in [1.807, 2.05) is 12.1 Å². The fourth-order valence-electron chi connectivity index (χ4n) is 2.59. The van der Waals surface area contributed by atoms with Crippen molar-refractivity contribution in [1.82, 2.24) is 10.2 Å². The van der Waals surface area contributed by atoms with Crippen LogP contribution in [0.3, 0.4) is 0 Å². The van der Waals surface area contributed by atoms with Gasteiger partial charge in [0.25, 0.3) is 0 Å².